The number of rotatable bonds is 3. The molecule has 0 radical (unpaired) electrons. The molecule has 3 aromatic carbocycles. The number of aryl methyl sites for hydroxylation is 2. The first kappa shape index (κ1) is 23.5. The zero-order chi connectivity index (χ0) is 26.3. The van der Waals surface area contributed by atoms with Gasteiger partial charge in [0.15, 0.2) is 11.4 Å². The van der Waals surface area contributed by atoms with Gasteiger partial charge in [0.25, 0.3) is 5.91 Å². The van der Waals surface area contributed by atoms with E-state index in [-0.39, 0.29) is 35.4 Å². The maximum atomic E-state index is 13.9. The molecule has 0 spiro atoms. The van der Waals surface area contributed by atoms with Crippen LogP contribution in [-0.2, 0) is 19.4 Å². The predicted molar refractivity (Wildman–Crippen MR) is 151 cm³/mol. The number of amides is 1. The monoisotopic (exact) mass is 515 g/mol. The van der Waals surface area contributed by atoms with Gasteiger partial charge in [0.1, 0.15) is 13.3 Å². The Morgan fingerprint density at radius 2 is 1.64 bits per heavy atom. The fourth-order valence-corrected chi connectivity index (χ4v) is 6.16. The lowest BCUT2D eigenvalue weighted by molar-refractivity contribution is 0.0679. The van der Waals surface area contributed by atoms with Gasteiger partial charge in [0.05, 0.1) is 6.04 Å². The molecule has 1 atom stereocenters. The molecule has 0 unspecified atom stereocenters. The van der Waals surface area contributed by atoms with Crippen molar-refractivity contribution in [3.05, 3.63) is 140 Å². The molecular formula is C33H29N3O3. The molecule has 1 amide bonds. The molecule has 3 aliphatic rings. The summed E-state index contributed by atoms with van der Waals surface area (Å²) in [4.78, 5) is 29.0. The van der Waals surface area contributed by atoms with Crippen LogP contribution in [0.4, 0.5) is 0 Å². The van der Waals surface area contributed by atoms with Crippen LogP contribution in [0.15, 0.2) is 95.9 Å². The van der Waals surface area contributed by atoms with Crippen molar-refractivity contribution in [2.45, 2.75) is 31.9 Å². The van der Waals surface area contributed by atoms with Crippen LogP contribution in [0.3, 0.4) is 0 Å². The van der Waals surface area contributed by atoms with Crippen molar-refractivity contribution in [2.75, 3.05) is 18.2 Å². The highest BCUT2D eigenvalue weighted by molar-refractivity contribution is 5.96. The van der Waals surface area contributed by atoms with E-state index in [0.717, 1.165) is 24.8 Å². The fourth-order valence-electron chi connectivity index (χ4n) is 6.16. The summed E-state index contributed by atoms with van der Waals surface area (Å²) in [5.41, 5.74) is 7.23. The molecule has 6 heteroatoms. The number of benzene rings is 3. The van der Waals surface area contributed by atoms with Gasteiger partial charge in [-0.15, -0.1) is 0 Å². The maximum Gasteiger partial charge on any atom is 0.277 e. The summed E-state index contributed by atoms with van der Waals surface area (Å²) in [6.45, 7) is 1.17. The summed E-state index contributed by atoms with van der Waals surface area (Å²) in [5.74, 6) is -0.0829. The molecule has 7 rings (SSSR count). The Hall–Kier alpha value is -4.58. The smallest absolute Gasteiger partial charge is 0.277 e. The standard InChI is InChI=1S/C33H29N3O3/c37-28-18-20-35-31(32(28)39-21-23-9-2-1-3-10-23)33(38)34-19-7-6-12-25-13-8-14-26-17-16-24-11-4-5-15-27(24)30(29(25)26)36(35)22-34/h1-6,8-15,18,20,30H,7,16-17,19,21-22H2/b12-6-/t30-/m1/s1. The van der Waals surface area contributed by atoms with Crippen LogP contribution in [0, 0.1) is 0 Å². The number of carbonyl (C=O) groups is 1. The van der Waals surface area contributed by atoms with Crippen molar-refractivity contribution in [1.29, 1.82) is 0 Å². The highest BCUT2D eigenvalue weighted by Gasteiger charge is 2.39. The topological polar surface area (TPSA) is 54.8 Å². The Balaban J connectivity index is 1.45. The fraction of sp³-hybridized carbons (Fsp3) is 0.212. The summed E-state index contributed by atoms with van der Waals surface area (Å²) >= 11 is 0. The second-order valence-electron chi connectivity index (χ2n) is 10.3. The van der Waals surface area contributed by atoms with Crippen LogP contribution in [0.5, 0.6) is 5.75 Å². The Bertz CT molecular complexity index is 1660. The van der Waals surface area contributed by atoms with E-state index in [2.05, 4.69) is 59.6 Å². The van der Waals surface area contributed by atoms with Crippen LogP contribution >= 0.6 is 0 Å². The molecule has 0 saturated heterocycles. The first-order valence-electron chi connectivity index (χ1n) is 13.5. The minimum absolute atomic E-state index is 0.101. The van der Waals surface area contributed by atoms with Gasteiger partial charge < -0.3 is 9.64 Å². The van der Waals surface area contributed by atoms with Crippen LogP contribution < -0.4 is 15.2 Å². The molecule has 4 aromatic rings. The quantitative estimate of drug-likeness (QED) is 0.382. The number of hydrogen-bond acceptors (Lipinski definition) is 4. The van der Waals surface area contributed by atoms with Crippen molar-refractivity contribution >= 4 is 12.0 Å². The first-order chi connectivity index (χ1) is 19.2. The van der Waals surface area contributed by atoms with Gasteiger partial charge in [-0.1, -0.05) is 84.9 Å². The first-order valence-corrected chi connectivity index (χ1v) is 13.5. The van der Waals surface area contributed by atoms with Crippen LogP contribution in [-0.4, -0.2) is 28.7 Å². The zero-order valence-corrected chi connectivity index (χ0v) is 21.6. The number of pyridine rings is 1. The zero-order valence-electron chi connectivity index (χ0n) is 21.6. The van der Waals surface area contributed by atoms with E-state index in [1.165, 1.54) is 33.9 Å². The Morgan fingerprint density at radius 3 is 2.54 bits per heavy atom. The number of aromatic nitrogens is 1. The average molecular weight is 516 g/mol. The average Bonchev–Trinajstić information content (AvgIpc) is 3.14. The molecule has 2 aliphatic heterocycles. The van der Waals surface area contributed by atoms with Crippen molar-refractivity contribution in [3.8, 4) is 5.75 Å². The maximum absolute atomic E-state index is 13.9. The summed E-state index contributed by atoms with van der Waals surface area (Å²) in [7, 11) is 0. The van der Waals surface area contributed by atoms with E-state index in [0.29, 0.717) is 13.2 Å². The van der Waals surface area contributed by atoms with E-state index in [4.69, 9.17) is 4.74 Å². The summed E-state index contributed by atoms with van der Waals surface area (Å²) in [6.07, 6.45) is 8.72. The predicted octanol–water partition coefficient (Wildman–Crippen LogP) is 5.08. The van der Waals surface area contributed by atoms with Gasteiger partial charge in [-0.25, -0.2) is 0 Å². The Labute approximate surface area is 227 Å². The van der Waals surface area contributed by atoms with Gasteiger partial charge in [-0.05, 0) is 52.6 Å². The number of carbonyl (C=O) groups excluding carboxylic acids is 1. The Kier molecular flexibility index (Phi) is 5.81. The lowest BCUT2D eigenvalue weighted by Crippen LogP contribution is -2.56. The molecule has 1 aromatic heterocycles. The van der Waals surface area contributed by atoms with E-state index < -0.39 is 0 Å². The Morgan fingerprint density at radius 1 is 0.846 bits per heavy atom. The second kappa shape index (κ2) is 9.62. The van der Waals surface area contributed by atoms with Crippen molar-refractivity contribution in [1.82, 2.24) is 9.58 Å². The molecule has 2 bridgehead atoms. The largest absolute Gasteiger partial charge is 0.482 e. The highest BCUT2D eigenvalue weighted by atomic mass is 16.5. The molecule has 39 heavy (non-hydrogen) atoms. The molecule has 6 nitrogen and oxygen atoms in total. The van der Waals surface area contributed by atoms with Crippen LogP contribution in [0.25, 0.3) is 6.08 Å². The number of hydrogen-bond donors (Lipinski definition) is 0. The van der Waals surface area contributed by atoms with Crippen LogP contribution in [0.2, 0.25) is 0 Å². The molecular weight excluding hydrogens is 486 g/mol. The van der Waals surface area contributed by atoms with Gasteiger partial charge in [-0.3, -0.25) is 19.3 Å². The molecule has 1 aliphatic carbocycles. The van der Waals surface area contributed by atoms with Crippen molar-refractivity contribution < 1.29 is 9.53 Å². The van der Waals surface area contributed by atoms with E-state index in [1.807, 2.05) is 39.9 Å². The number of ether oxygens (including phenoxy) is 1. The van der Waals surface area contributed by atoms with E-state index in [9.17, 15) is 9.59 Å². The van der Waals surface area contributed by atoms with E-state index in [1.54, 1.807) is 6.20 Å². The third-order valence-electron chi connectivity index (χ3n) is 8.02. The second-order valence-corrected chi connectivity index (χ2v) is 10.3. The normalized spacial score (nSPS) is 18.4. The molecule has 194 valence electrons. The third kappa shape index (κ3) is 4.04. The van der Waals surface area contributed by atoms with Gasteiger partial charge >= 0.3 is 0 Å². The highest BCUT2D eigenvalue weighted by Crippen LogP contribution is 2.40. The summed E-state index contributed by atoms with van der Waals surface area (Å²) in [6, 6.07) is 26.3. The SMILES string of the molecule is O=C1c2c(OCc3ccccc3)c(=O)ccn2N2CN1CC/C=C\c1cccc3c1[C@H]2c1ccccc1CC3. The molecule has 0 N–H and O–H groups in total. The summed E-state index contributed by atoms with van der Waals surface area (Å²) in [5, 5.41) is 2.23. The minimum Gasteiger partial charge on any atom is -0.482 e. The van der Waals surface area contributed by atoms with E-state index >= 15 is 0 Å². The van der Waals surface area contributed by atoms with Crippen molar-refractivity contribution in [2.24, 2.45) is 0 Å². The number of nitrogens with zero attached hydrogens (tertiary/aromatic N) is 3. The lowest BCUT2D eigenvalue weighted by Gasteiger charge is -2.45. The van der Waals surface area contributed by atoms with Crippen molar-refractivity contribution in [3.63, 3.8) is 0 Å². The third-order valence-corrected chi connectivity index (χ3v) is 8.02. The summed E-state index contributed by atoms with van der Waals surface area (Å²) < 4.78 is 8.01. The lowest BCUT2D eigenvalue weighted by atomic mass is 9.89. The molecule has 0 fully saturated rings. The number of fused-ring (bicyclic) bond motifs is 7. The minimum atomic E-state index is -0.290. The van der Waals surface area contributed by atoms with Gasteiger partial charge in [0, 0.05) is 18.8 Å². The van der Waals surface area contributed by atoms with Gasteiger partial charge in [0.2, 0.25) is 5.43 Å². The van der Waals surface area contributed by atoms with Crippen LogP contribution in [0.1, 0.15) is 56.3 Å². The van der Waals surface area contributed by atoms with Gasteiger partial charge in [-0.2, -0.15) is 0 Å². The molecule has 3 heterocycles. The molecule has 0 saturated carbocycles.